The van der Waals surface area contributed by atoms with E-state index in [9.17, 15) is 9.90 Å². The van der Waals surface area contributed by atoms with Crippen molar-refractivity contribution in [2.45, 2.75) is 26.8 Å². The minimum atomic E-state index is -0.926. The van der Waals surface area contributed by atoms with Crippen molar-refractivity contribution in [3.8, 4) is 0 Å². The summed E-state index contributed by atoms with van der Waals surface area (Å²) >= 11 is 1.62. The van der Waals surface area contributed by atoms with Crippen LogP contribution in [0.2, 0.25) is 0 Å². The Bertz CT molecular complexity index is 820. The zero-order valence-corrected chi connectivity index (χ0v) is 12.6. The van der Waals surface area contributed by atoms with Gasteiger partial charge in [0.2, 0.25) is 0 Å². The molecule has 1 aromatic carbocycles. The molecule has 0 aliphatic heterocycles. The second kappa shape index (κ2) is 5.29. The maximum atomic E-state index is 11.5. The number of thiazole rings is 1. The molecule has 0 saturated heterocycles. The van der Waals surface area contributed by atoms with Crippen LogP contribution in [0, 0.1) is 6.92 Å². The van der Waals surface area contributed by atoms with Crippen molar-refractivity contribution in [1.29, 1.82) is 0 Å². The molecule has 3 aromatic rings. The zero-order valence-electron chi connectivity index (χ0n) is 11.8. The van der Waals surface area contributed by atoms with Gasteiger partial charge in [-0.3, -0.25) is 0 Å². The quantitative estimate of drug-likeness (QED) is 0.804. The predicted octanol–water partition coefficient (Wildman–Crippen LogP) is 3.11. The van der Waals surface area contributed by atoms with Gasteiger partial charge < -0.3 is 9.67 Å². The number of nitrogens with zero attached hydrogens (tertiary/aromatic N) is 3. The lowest BCUT2D eigenvalue weighted by molar-refractivity contribution is 0.0698. The number of rotatable bonds is 4. The average molecular weight is 301 g/mol. The Morgan fingerprint density at radius 1 is 1.43 bits per heavy atom. The van der Waals surface area contributed by atoms with Gasteiger partial charge in [0.25, 0.3) is 0 Å². The van der Waals surface area contributed by atoms with Crippen LogP contribution in [0.25, 0.3) is 11.0 Å². The van der Waals surface area contributed by atoms with E-state index in [-0.39, 0.29) is 0 Å². The van der Waals surface area contributed by atoms with Gasteiger partial charge in [0.05, 0.1) is 28.1 Å². The highest BCUT2D eigenvalue weighted by Gasteiger charge is 2.17. The molecular weight excluding hydrogens is 286 g/mol. The third-order valence-corrected chi connectivity index (χ3v) is 4.27. The summed E-state index contributed by atoms with van der Waals surface area (Å²) in [5.41, 5.74) is 1.71. The molecule has 0 aliphatic rings. The summed E-state index contributed by atoms with van der Waals surface area (Å²) in [7, 11) is 0. The van der Waals surface area contributed by atoms with Gasteiger partial charge in [-0.05, 0) is 19.1 Å². The first-order valence-corrected chi connectivity index (χ1v) is 7.54. The summed E-state index contributed by atoms with van der Waals surface area (Å²) < 4.78 is 1.99. The van der Waals surface area contributed by atoms with Gasteiger partial charge >= 0.3 is 5.97 Å². The normalized spacial score (nSPS) is 11.1. The first kappa shape index (κ1) is 13.8. The summed E-state index contributed by atoms with van der Waals surface area (Å²) in [6.07, 6.45) is 2.60. The Morgan fingerprint density at radius 3 is 2.86 bits per heavy atom. The summed E-state index contributed by atoms with van der Waals surface area (Å²) in [5.74, 6) is -0.0327. The second-order valence-electron chi connectivity index (χ2n) is 4.79. The van der Waals surface area contributed by atoms with E-state index in [0.29, 0.717) is 17.6 Å². The largest absolute Gasteiger partial charge is 0.478 e. The Hall–Kier alpha value is -2.21. The molecular formula is C15H15N3O2S. The Kier molecular flexibility index (Phi) is 3.47. The van der Waals surface area contributed by atoms with Crippen LogP contribution in [0.1, 0.15) is 33.0 Å². The van der Waals surface area contributed by atoms with Crippen molar-refractivity contribution in [3.05, 3.63) is 45.7 Å². The van der Waals surface area contributed by atoms with E-state index in [4.69, 9.17) is 0 Å². The molecule has 0 unspecified atom stereocenters. The fourth-order valence-electron chi connectivity index (χ4n) is 2.48. The Morgan fingerprint density at radius 2 is 2.24 bits per heavy atom. The fraction of sp³-hybridized carbons (Fsp3) is 0.267. The van der Waals surface area contributed by atoms with Gasteiger partial charge in [-0.15, -0.1) is 11.3 Å². The van der Waals surface area contributed by atoms with Crippen molar-refractivity contribution in [1.82, 2.24) is 14.5 Å². The second-order valence-corrected chi connectivity index (χ2v) is 6.11. The molecule has 0 saturated carbocycles. The molecule has 6 heteroatoms. The van der Waals surface area contributed by atoms with Crippen LogP contribution < -0.4 is 0 Å². The predicted molar refractivity (Wildman–Crippen MR) is 82.0 cm³/mol. The number of hydrogen-bond donors (Lipinski definition) is 1. The van der Waals surface area contributed by atoms with Gasteiger partial charge in [-0.25, -0.2) is 14.8 Å². The number of carboxylic acids is 1. The first-order valence-electron chi connectivity index (χ1n) is 6.73. The Balaban J connectivity index is 2.20. The smallest absolute Gasteiger partial charge is 0.337 e. The number of imidazole rings is 1. The van der Waals surface area contributed by atoms with Crippen LogP contribution >= 0.6 is 11.3 Å². The van der Waals surface area contributed by atoms with E-state index in [2.05, 4.69) is 9.97 Å². The third kappa shape index (κ3) is 2.42. The van der Waals surface area contributed by atoms with E-state index in [0.717, 1.165) is 27.6 Å². The summed E-state index contributed by atoms with van der Waals surface area (Å²) in [4.78, 5) is 21.4. The average Bonchev–Trinajstić information content (AvgIpc) is 3.03. The van der Waals surface area contributed by atoms with Crippen LogP contribution in [0.4, 0.5) is 0 Å². The van der Waals surface area contributed by atoms with E-state index in [1.165, 1.54) is 0 Å². The monoisotopic (exact) mass is 301 g/mol. The van der Waals surface area contributed by atoms with Crippen LogP contribution in [-0.4, -0.2) is 25.6 Å². The third-order valence-electron chi connectivity index (χ3n) is 3.38. The minimum Gasteiger partial charge on any atom is -0.478 e. The molecule has 2 heterocycles. The molecule has 0 amide bonds. The number of para-hydroxylation sites is 1. The van der Waals surface area contributed by atoms with Crippen molar-refractivity contribution < 1.29 is 9.90 Å². The number of hydrogen-bond acceptors (Lipinski definition) is 4. The minimum absolute atomic E-state index is 0.293. The molecule has 1 N–H and O–H groups in total. The topological polar surface area (TPSA) is 68.0 Å². The summed E-state index contributed by atoms with van der Waals surface area (Å²) in [5, 5.41) is 10.4. The molecule has 0 bridgehead atoms. The fourth-order valence-corrected chi connectivity index (χ4v) is 3.26. The maximum absolute atomic E-state index is 11.5. The highest BCUT2D eigenvalue weighted by atomic mass is 32.1. The standard InChI is InChI=1S/C15H15N3O2S/c1-3-13-17-12-6-4-5-11(15(19)20)14(12)18(13)8-10-7-16-9(2)21-10/h4-7H,3,8H2,1-2H3,(H,19,20). The molecule has 21 heavy (non-hydrogen) atoms. The lowest BCUT2D eigenvalue weighted by Crippen LogP contribution is -2.07. The SMILES string of the molecule is CCc1nc2cccc(C(=O)O)c2n1Cc1cnc(C)s1. The molecule has 5 nitrogen and oxygen atoms in total. The van der Waals surface area contributed by atoms with E-state index >= 15 is 0 Å². The van der Waals surface area contributed by atoms with Gasteiger partial charge in [0, 0.05) is 17.5 Å². The summed E-state index contributed by atoms with van der Waals surface area (Å²) in [6.45, 7) is 4.59. The van der Waals surface area contributed by atoms with Crippen LogP contribution in [0.15, 0.2) is 24.4 Å². The lowest BCUT2D eigenvalue weighted by Gasteiger charge is -2.08. The zero-order chi connectivity index (χ0) is 15.0. The van der Waals surface area contributed by atoms with E-state index in [1.54, 1.807) is 23.5 Å². The Labute approximate surface area is 125 Å². The van der Waals surface area contributed by atoms with Crippen molar-refractivity contribution in [3.63, 3.8) is 0 Å². The van der Waals surface area contributed by atoms with Gasteiger partial charge in [-0.2, -0.15) is 0 Å². The molecule has 0 aliphatic carbocycles. The molecule has 108 valence electrons. The number of carboxylic acid groups (broad SMARTS) is 1. The van der Waals surface area contributed by atoms with Crippen LogP contribution in [0.5, 0.6) is 0 Å². The number of benzene rings is 1. The highest BCUT2D eigenvalue weighted by molar-refractivity contribution is 7.11. The maximum Gasteiger partial charge on any atom is 0.337 e. The molecule has 0 atom stereocenters. The number of carbonyl (C=O) groups is 1. The number of aryl methyl sites for hydroxylation is 2. The van der Waals surface area contributed by atoms with Crippen molar-refractivity contribution >= 4 is 28.3 Å². The molecule has 0 fully saturated rings. The van der Waals surface area contributed by atoms with Gasteiger partial charge in [0.1, 0.15) is 5.82 Å². The number of fused-ring (bicyclic) bond motifs is 1. The highest BCUT2D eigenvalue weighted by Crippen LogP contribution is 2.24. The lowest BCUT2D eigenvalue weighted by atomic mass is 10.2. The first-order chi connectivity index (χ1) is 10.1. The van der Waals surface area contributed by atoms with Crippen molar-refractivity contribution in [2.24, 2.45) is 0 Å². The number of aromatic nitrogens is 3. The summed E-state index contributed by atoms with van der Waals surface area (Å²) in [6, 6.07) is 5.22. The molecule has 3 rings (SSSR count). The van der Waals surface area contributed by atoms with Gasteiger partial charge in [-0.1, -0.05) is 13.0 Å². The molecule has 2 aromatic heterocycles. The van der Waals surface area contributed by atoms with Crippen molar-refractivity contribution in [2.75, 3.05) is 0 Å². The van der Waals surface area contributed by atoms with Crippen LogP contribution in [0.3, 0.4) is 0 Å². The van der Waals surface area contributed by atoms with E-state index in [1.807, 2.05) is 30.7 Å². The van der Waals surface area contributed by atoms with E-state index < -0.39 is 5.97 Å². The van der Waals surface area contributed by atoms with Crippen LogP contribution in [-0.2, 0) is 13.0 Å². The molecule has 0 radical (unpaired) electrons. The molecule has 0 spiro atoms. The van der Waals surface area contributed by atoms with Gasteiger partial charge in [0.15, 0.2) is 0 Å². The number of aromatic carboxylic acids is 1.